The Hall–Kier alpha value is -1.20. The molecule has 3 atom stereocenters. The Morgan fingerprint density at radius 3 is 3.04 bits per heavy atom. The second-order valence-corrected chi connectivity index (χ2v) is 6.75. The largest absolute Gasteiger partial charge is 0.379 e. The van der Waals surface area contributed by atoms with Crippen molar-refractivity contribution in [1.29, 1.82) is 0 Å². The smallest absolute Gasteiger partial charge is 0.0702 e. The summed E-state index contributed by atoms with van der Waals surface area (Å²) in [7, 11) is 0. The first-order valence-electron chi connectivity index (χ1n) is 8.78. The standard InChI is InChI=1S/C19H25N3O.ClH/c1-2-6-17-15(4-1)10-14(11-21-17)12-22-18-7-3-5-16(18)19-13-23-9-8-20-19;/h1-2,4,6,10-11,16,18-20,22H,3,5,7-9,12-13H2;1H. The van der Waals surface area contributed by atoms with E-state index in [4.69, 9.17) is 4.74 Å². The van der Waals surface area contributed by atoms with Gasteiger partial charge in [0.15, 0.2) is 0 Å². The number of ether oxygens (including phenoxy) is 1. The first-order chi connectivity index (χ1) is 11.4. The fraction of sp³-hybridized carbons (Fsp3) is 0.526. The minimum atomic E-state index is 0. The van der Waals surface area contributed by atoms with Gasteiger partial charge in [0.05, 0.1) is 18.7 Å². The molecule has 24 heavy (non-hydrogen) atoms. The lowest BCUT2D eigenvalue weighted by Crippen LogP contribution is -2.50. The molecule has 0 spiro atoms. The molecule has 0 amide bonds. The second kappa shape index (κ2) is 8.26. The van der Waals surface area contributed by atoms with Crippen molar-refractivity contribution < 1.29 is 4.74 Å². The molecule has 2 N–H and O–H groups in total. The van der Waals surface area contributed by atoms with Gasteiger partial charge in [-0.2, -0.15) is 0 Å². The first-order valence-corrected chi connectivity index (χ1v) is 8.78. The molecule has 0 radical (unpaired) electrons. The molecule has 4 nitrogen and oxygen atoms in total. The van der Waals surface area contributed by atoms with Crippen LogP contribution in [0.4, 0.5) is 0 Å². The number of hydrogen-bond donors (Lipinski definition) is 2. The highest BCUT2D eigenvalue weighted by Gasteiger charge is 2.34. The lowest BCUT2D eigenvalue weighted by atomic mass is 9.94. The van der Waals surface area contributed by atoms with E-state index in [9.17, 15) is 0 Å². The number of rotatable bonds is 4. The molecule has 1 saturated heterocycles. The predicted octanol–water partition coefficient (Wildman–Crippen LogP) is 2.90. The first kappa shape index (κ1) is 17.6. The molecule has 1 aromatic heterocycles. The third kappa shape index (κ3) is 3.89. The molecule has 130 valence electrons. The molecule has 4 rings (SSSR count). The Bertz CT molecular complexity index is 660. The highest BCUT2D eigenvalue weighted by Crippen LogP contribution is 2.29. The number of hydrogen-bond acceptors (Lipinski definition) is 4. The van der Waals surface area contributed by atoms with Crippen LogP contribution >= 0.6 is 12.4 Å². The Morgan fingerprint density at radius 2 is 2.17 bits per heavy atom. The number of morpholine rings is 1. The number of halogens is 1. The van der Waals surface area contributed by atoms with Crippen molar-refractivity contribution in [2.24, 2.45) is 5.92 Å². The van der Waals surface area contributed by atoms with E-state index in [1.165, 1.54) is 30.2 Å². The summed E-state index contributed by atoms with van der Waals surface area (Å²) in [5.74, 6) is 0.684. The monoisotopic (exact) mass is 347 g/mol. The summed E-state index contributed by atoms with van der Waals surface area (Å²) in [4.78, 5) is 4.56. The minimum Gasteiger partial charge on any atom is -0.379 e. The molecule has 1 aliphatic carbocycles. The van der Waals surface area contributed by atoms with Gasteiger partial charge in [-0.1, -0.05) is 24.6 Å². The molecule has 1 saturated carbocycles. The van der Waals surface area contributed by atoms with Crippen LogP contribution in [0.5, 0.6) is 0 Å². The molecule has 2 aliphatic rings. The Balaban J connectivity index is 0.00000169. The number of nitrogens with zero attached hydrogens (tertiary/aromatic N) is 1. The van der Waals surface area contributed by atoms with Crippen LogP contribution in [-0.4, -0.2) is 36.8 Å². The number of benzene rings is 1. The number of para-hydroxylation sites is 1. The van der Waals surface area contributed by atoms with Crippen molar-refractivity contribution in [2.45, 2.75) is 37.9 Å². The van der Waals surface area contributed by atoms with Crippen molar-refractivity contribution in [3.8, 4) is 0 Å². The zero-order valence-corrected chi connectivity index (χ0v) is 14.7. The Morgan fingerprint density at radius 1 is 1.25 bits per heavy atom. The van der Waals surface area contributed by atoms with Crippen molar-refractivity contribution in [1.82, 2.24) is 15.6 Å². The number of fused-ring (bicyclic) bond motifs is 1. The summed E-state index contributed by atoms with van der Waals surface area (Å²) >= 11 is 0. The Kier molecular flexibility index (Phi) is 6.06. The van der Waals surface area contributed by atoms with Gasteiger partial charge in [-0.25, -0.2) is 0 Å². The van der Waals surface area contributed by atoms with E-state index in [1.54, 1.807) is 0 Å². The fourth-order valence-corrected chi connectivity index (χ4v) is 4.05. The molecule has 1 aromatic carbocycles. The van der Waals surface area contributed by atoms with Crippen molar-refractivity contribution >= 4 is 23.3 Å². The van der Waals surface area contributed by atoms with Crippen LogP contribution in [0.1, 0.15) is 24.8 Å². The molecule has 2 heterocycles. The van der Waals surface area contributed by atoms with Gasteiger partial charge < -0.3 is 15.4 Å². The Labute approximate surface area is 149 Å². The van der Waals surface area contributed by atoms with Crippen LogP contribution in [0.2, 0.25) is 0 Å². The van der Waals surface area contributed by atoms with E-state index < -0.39 is 0 Å². The molecule has 1 aliphatic heterocycles. The second-order valence-electron chi connectivity index (χ2n) is 6.75. The lowest BCUT2D eigenvalue weighted by molar-refractivity contribution is 0.0524. The molecule has 0 bridgehead atoms. The number of aromatic nitrogens is 1. The van der Waals surface area contributed by atoms with E-state index in [0.717, 1.165) is 31.8 Å². The third-order valence-corrected chi connectivity index (χ3v) is 5.25. The van der Waals surface area contributed by atoms with Crippen molar-refractivity contribution in [2.75, 3.05) is 19.8 Å². The summed E-state index contributed by atoms with van der Waals surface area (Å²) in [5, 5.41) is 8.63. The van der Waals surface area contributed by atoms with Gasteiger partial charge in [0.25, 0.3) is 0 Å². The predicted molar refractivity (Wildman–Crippen MR) is 99.6 cm³/mol. The zero-order valence-electron chi connectivity index (χ0n) is 13.9. The van der Waals surface area contributed by atoms with Crippen molar-refractivity contribution in [3.05, 3.63) is 42.1 Å². The van der Waals surface area contributed by atoms with E-state index in [0.29, 0.717) is 18.0 Å². The number of pyridine rings is 1. The normalized spacial score (nSPS) is 27.1. The summed E-state index contributed by atoms with van der Waals surface area (Å²) in [5.41, 5.74) is 2.33. The van der Waals surface area contributed by atoms with Gasteiger partial charge in [-0.15, -0.1) is 12.4 Å². The minimum absolute atomic E-state index is 0. The van der Waals surface area contributed by atoms with Crippen LogP contribution in [-0.2, 0) is 11.3 Å². The maximum Gasteiger partial charge on any atom is 0.0702 e. The molecular weight excluding hydrogens is 322 g/mol. The summed E-state index contributed by atoms with van der Waals surface area (Å²) in [6.45, 7) is 3.60. The van der Waals surface area contributed by atoms with Gasteiger partial charge in [0, 0.05) is 36.8 Å². The SMILES string of the molecule is Cl.c1ccc2ncc(CNC3CCCC3C3COCCN3)cc2c1. The van der Waals surface area contributed by atoms with Gasteiger partial charge in [-0.05, 0) is 36.5 Å². The molecular formula is C19H26ClN3O. The van der Waals surface area contributed by atoms with E-state index in [2.05, 4.69) is 39.9 Å². The van der Waals surface area contributed by atoms with Crippen LogP contribution in [0, 0.1) is 5.92 Å². The van der Waals surface area contributed by atoms with Gasteiger partial charge >= 0.3 is 0 Å². The van der Waals surface area contributed by atoms with Crippen LogP contribution in [0.3, 0.4) is 0 Å². The van der Waals surface area contributed by atoms with Crippen LogP contribution in [0.15, 0.2) is 36.5 Å². The van der Waals surface area contributed by atoms with Crippen LogP contribution in [0.25, 0.3) is 10.9 Å². The van der Waals surface area contributed by atoms with Crippen molar-refractivity contribution in [3.63, 3.8) is 0 Å². The van der Waals surface area contributed by atoms with E-state index in [-0.39, 0.29) is 12.4 Å². The van der Waals surface area contributed by atoms with Gasteiger partial charge in [-0.3, -0.25) is 4.98 Å². The van der Waals surface area contributed by atoms with Gasteiger partial charge in [0.1, 0.15) is 0 Å². The van der Waals surface area contributed by atoms with E-state index >= 15 is 0 Å². The average molecular weight is 348 g/mol. The van der Waals surface area contributed by atoms with Crippen LogP contribution < -0.4 is 10.6 Å². The summed E-state index contributed by atoms with van der Waals surface area (Å²) < 4.78 is 5.65. The maximum atomic E-state index is 5.65. The fourth-order valence-electron chi connectivity index (χ4n) is 4.05. The summed E-state index contributed by atoms with van der Waals surface area (Å²) in [6.07, 6.45) is 5.89. The molecule has 2 fully saturated rings. The van der Waals surface area contributed by atoms with E-state index in [1.807, 2.05) is 12.3 Å². The number of nitrogens with one attached hydrogen (secondary N) is 2. The quantitative estimate of drug-likeness (QED) is 0.892. The molecule has 3 unspecified atom stereocenters. The lowest BCUT2D eigenvalue weighted by Gasteiger charge is -2.33. The van der Waals surface area contributed by atoms with Gasteiger partial charge in [0.2, 0.25) is 0 Å². The third-order valence-electron chi connectivity index (χ3n) is 5.25. The topological polar surface area (TPSA) is 46.2 Å². The zero-order chi connectivity index (χ0) is 15.5. The summed E-state index contributed by atoms with van der Waals surface area (Å²) in [6, 6.07) is 11.7. The highest BCUT2D eigenvalue weighted by molar-refractivity contribution is 5.85. The molecule has 2 aromatic rings. The average Bonchev–Trinajstić information content (AvgIpc) is 3.09. The maximum absolute atomic E-state index is 5.65. The highest BCUT2D eigenvalue weighted by atomic mass is 35.5. The molecule has 5 heteroatoms.